The van der Waals surface area contributed by atoms with Gasteiger partial charge in [-0.1, -0.05) is 12.1 Å². The number of carbonyl (C=O) groups is 1. The van der Waals surface area contributed by atoms with Crippen LogP contribution >= 0.6 is 0 Å². The number of fused-ring (bicyclic) bond motifs is 5. The van der Waals surface area contributed by atoms with Crippen molar-refractivity contribution in [3.63, 3.8) is 0 Å². The van der Waals surface area contributed by atoms with E-state index in [1.54, 1.807) is 35.5 Å². The average molecular weight is 464 g/mol. The molecule has 1 saturated heterocycles. The lowest BCUT2D eigenvalue weighted by Gasteiger charge is -2.36. The van der Waals surface area contributed by atoms with E-state index in [0.717, 1.165) is 41.8 Å². The number of halogens is 3. The largest absolute Gasteiger partial charge is 0.416 e. The van der Waals surface area contributed by atoms with Gasteiger partial charge in [-0.05, 0) is 48.9 Å². The lowest BCUT2D eigenvalue weighted by Crippen LogP contribution is -2.48. The molecule has 34 heavy (non-hydrogen) atoms. The van der Waals surface area contributed by atoms with Gasteiger partial charge in [-0.3, -0.25) is 4.90 Å². The molecule has 0 radical (unpaired) electrons. The van der Waals surface area contributed by atoms with E-state index in [1.165, 1.54) is 6.07 Å². The van der Waals surface area contributed by atoms with Crippen molar-refractivity contribution in [1.82, 2.24) is 15.0 Å². The molecule has 2 aliphatic rings. The molecule has 0 spiro atoms. The highest BCUT2D eigenvalue weighted by Gasteiger charge is 2.40. The van der Waals surface area contributed by atoms with Crippen molar-refractivity contribution >= 4 is 34.3 Å². The summed E-state index contributed by atoms with van der Waals surface area (Å²) in [5.41, 5.74) is 2.98. The lowest BCUT2D eigenvalue weighted by molar-refractivity contribution is -0.137. The number of hydrogen-bond acceptors (Lipinski definition) is 4. The van der Waals surface area contributed by atoms with Gasteiger partial charge in [0.15, 0.2) is 5.82 Å². The predicted molar refractivity (Wildman–Crippen MR) is 123 cm³/mol. The van der Waals surface area contributed by atoms with E-state index >= 15 is 0 Å². The first-order valence-electron chi connectivity index (χ1n) is 10.8. The molecular weight excluding hydrogens is 445 g/mol. The van der Waals surface area contributed by atoms with Gasteiger partial charge in [0.2, 0.25) is 0 Å². The Morgan fingerprint density at radius 1 is 1.12 bits per heavy atom. The molecule has 2 aliphatic heterocycles. The first-order valence-corrected chi connectivity index (χ1v) is 10.8. The molecule has 1 unspecified atom stereocenters. The SMILES string of the molecule is O=C(Nc1ccc2nc[nH]c2c1)N1c2nc(-c3cccc(C(F)(F)F)c3)ccc2N2CCC1C2. The van der Waals surface area contributed by atoms with Crippen molar-refractivity contribution < 1.29 is 18.0 Å². The third kappa shape index (κ3) is 3.42. The standard InChI is InChI=1S/C24H19F3N6O/c25-24(26,27)15-3-1-2-14(10-15)18-6-7-21-22(31-18)33(17-8-9-32(21)12-17)23(34)30-16-4-5-19-20(11-16)29-13-28-19/h1-7,10-11,13,17H,8-9,12H2,(H,28,29)(H,30,34). The zero-order valence-corrected chi connectivity index (χ0v) is 17.8. The van der Waals surface area contributed by atoms with Crippen LogP contribution in [0.2, 0.25) is 0 Å². The monoisotopic (exact) mass is 464 g/mol. The number of benzene rings is 2. The van der Waals surface area contributed by atoms with E-state index in [9.17, 15) is 18.0 Å². The summed E-state index contributed by atoms with van der Waals surface area (Å²) in [6, 6.07) is 13.6. The summed E-state index contributed by atoms with van der Waals surface area (Å²) in [6.45, 7) is 1.47. The minimum Gasteiger partial charge on any atom is -0.366 e. The topological polar surface area (TPSA) is 77.1 Å². The number of anilines is 3. The van der Waals surface area contributed by atoms with E-state index < -0.39 is 11.7 Å². The van der Waals surface area contributed by atoms with Crippen LogP contribution in [0, 0.1) is 0 Å². The Kier molecular flexibility index (Phi) is 4.51. The first kappa shape index (κ1) is 20.5. The molecule has 1 fully saturated rings. The van der Waals surface area contributed by atoms with Crippen LogP contribution in [0.15, 0.2) is 60.9 Å². The van der Waals surface area contributed by atoms with Crippen LogP contribution < -0.4 is 15.1 Å². The summed E-state index contributed by atoms with van der Waals surface area (Å²) in [6.07, 6.45) is -2.08. The van der Waals surface area contributed by atoms with Gasteiger partial charge in [-0.25, -0.2) is 14.8 Å². The van der Waals surface area contributed by atoms with E-state index in [2.05, 4.69) is 25.2 Å². The van der Waals surface area contributed by atoms with Crippen LogP contribution in [-0.4, -0.2) is 40.1 Å². The van der Waals surface area contributed by atoms with Gasteiger partial charge < -0.3 is 15.2 Å². The summed E-state index contributed by atoms with van der Waals surface area (Å²) in [5.74, 6) is 0.448. The fraction of sp³-hybridized carbons (Fsp3) is 0.208. The van der Waals surface area contributed by atoms with Crippen LogP contribution in [0.1, 0.15) is 12.0 Å². The summed E-state index contributed by atoms with van der Waals surface area (Å²) in [4.78, 5) is 29.1. The molecule has 6 rings (SSSR count). The highest BCUT2D eigenvalue weighted by atomic mass is 19.4. The molecule has 4 aromatic rings. The molecule has 10 heteroatoms. The zero-order chi connectivity index (χ0) is 23.4. The van der Waals surface area contributed by atoms with E-state index in [0.29, 0.717) is 29.3 Å². The van der Waals surface area contributed by atoms with Gasteiger partial charge in [0.1, 0.15) is 0 Å². The Morgan fingerprint density at radius 2 is 2.00 bits per heavy atom. The van der Waals surface area contributed by atoms with Gasteiger partial charge in [0.25, 0.3) is 0 Å². The number of amides is 2. The number of nitrogens with one attached hydrogen (secondary N) is 2. The fourth-order valence-electron chi connectivity index (χ4n) is 4.68. The molecule has 172 valence electrons. The molecule has 4 heterocycles. The molecule has 2 aromatic heterocycles. The number of pyridine rings is 1. The average Bonchev–Trinajstić information content (AvgIpc) is 3.46. The molecule has 2 N–H and O–H groups in total. The van der Waals surface area contributed by atoms with Crippen molar-refractivity contribution in [1.29, 1.82) is 0 Å². The second-order valence-electron chi connectivity index (χ2n) is 8.44. The van der Waals surface area contributed by atoms with Crippen LogP contribution in [0.25, 0.3) is 22.3 Å². The zero-order valence-electron chi connectivity index (χ0n) is 17.8. The summed E-state index contributed by atoms with van der Waals surface area (Å²) in [7, 11) is 0. The van der Waals surface area contributed by atoms with Crippen LogP contribution in [0.4, 0.5) is 35.2 Å². The Labute approximate surface area is 192 Å². The maximum absolute atomic E-state index is 13.4. The third-order valence-corrected chi connectivity index (χ3v) is 6.33. The number of carbonyl (C=O) groups excluding carboxylic acids is 1. The van der Waals surface area contributed by atoms with Crippen LogP contribution in [0.5, 0.6) is 0 Å². The number of imidazole rings is 1. The number of aromatic nitrogens is 3. The Hall–Kier alpha value is -4.08. The fourth-order valence-corrected chi connectivity index (χ4v) is 4.68. The van der Waals surface area contributed by atoms with E-state index in [-0.39, 0.29) is 12.1 Å². The molecule has 2 amide bonds. The van der Waals surface area contributed by atoms with Gasteiger partial charge in [-0.15, -0.1) is 0 Å². The highest BCUT2D eigenvalue weighted by Crippen LogP contribution is 2.41. The van der Waals surface area contributed by atoms with Gasteiger partial charge >= 0.3 is 12.2 Å². The Balaban J connectivity index is 1.37. The molecule has 0 saturated carbocycles. The maximum atomic E-state index is 13.4. The third-order valence-electron chi connectivity index (χ3n) is 6.33. The minimum atomic E-state index is -4.45. The number of urea groups is 1. The minimum absolute atomic E-state index is 0.0763. The number of hydrogen-bond donors (Lipinski definition) is 2. The number of aromatic amines is 1. The molecule has 1 atom stereocenters. The predicted octanol–water partition coefficient (Wildman–Crippen LogP) is 5.27. The van der Waals surface area contributed by atoms with Gasteiger partial charge in [0, 0.05) is 24.3 Å². The van der Waals surface area contributed by atoms with Crippen molar-refractivity contribution in [2.75, 3.05) is 28.2 Å². The number of H-pyrrole nitrogens is 1. The summed E-state index contributed by atoms with van der Waals surface area (Å²) >= 11 is 0. The second-order valence-corrected chi connectivity index (χ2v) is 8.44. The molecule has 2 aromatic carbocycles. The number of rotatable bonds is 2. The normalized spacial score (nSPS) is 17.2. The molecule has 7 nitrogen and oxygen atoms in total. The Morgan fingerprint density at radius 3 is 2.85 bits per heavy atom. The van der Waals surface area contributed by atoms with Gasteiger partial charge in [-0.2, -0.15) is 13.2 Å². The van der Waals surface area contributed by atoms with E-state index in [4.69, 9.17) is 0 Å². The molecule has 0 aliphatic carbocycles. The highest BCUT2D eigenvalue weighted by molar-refractivity contribution is 6.05. The van der Waals surface area contributed by atoms with E-state index in [1.807, 2.05) is 12.1 Å². The summed E-state index contributed by atoms with van der Waals surface area (Å²) in [5, 5.41) is 2.94. The Bertz CT molecular complexity index is 1420. The molecule has 2 bridgehead atoms. The van der Waals surface area contributed by atoms with Crippen LogP contribution in [0.3, 0.4) is 0 Å². The van der Waals surface area contributed by atoms with Crippen molar-refractivity contribution in [3.8, 4) is 11.3 Å². The number of nitrogens with zero attached hydrogens (tertiary/aromatic N) is 4. The smallest absolute Gasteiger partial charge is 0.366 e. The van der Waals surface area contributed by atoms with Gasteiger partial charge in [0.05, 0.1) is 40.3 Å². The van der Waals surface area contributed by atoms with Crippen LogP contribution in [-0.2, 0) is 6.18 Å². The van der Waals surface area contributed by atoms with Crippen molar-refractivity contribution in [2.24, 2.45) is 0 Å². The van der Waals surface area contributed by atoms with Crippen molar-refractivity contribution in [2.45, 2.75) is 18.6 Å². The lowest BCUT2D eigenvalue weighted by atomic mass is 10.1. The summed E-state index contributed by atoms with van der Waals surface area (Å²) < 4.78 is 39.7. The quantitative estimate of drug-likeness (QED) is 0.424. The van der Waals surface area contributed by atoms with Crippen molar-refractivity contribution in [3.05, 3.63) is 66.5 Å². The maximum Gasteiger partial charge on any atom is 0.416 e. The molecular formula is C24H19F3N6O. The first-order chi connectivity index (χ1) is 16.4. The second kappa shape index (κ2) is 7.47. The number of alkyl halides is 3.